The second-order valence-corrected chi connectivity index (χ2v) is 4.98. The molecule has 1 aromatic rings. The van der Waals surface area contributed by atoms with Crippen LogP contribution in [-0.4, -0.2) is 28.0 Å². The van der Waals surface area contributed by atoms with Gasteiger partial charge in [0.15, 0.2) is 0 Å². The van der Waals surface area contributed by atoms with Crippen molar-refractivity contribution >= 4 is 27.8 Å². The van der Waals surface area contributed by atoms with Crippen molar-refractivity contribution in [1.29, 1.82) is 0 Å². The Kier molecular flexibility index (Phi) is 3.42. The predicted octanol–water partition coefficient (Wildman–Crippen LogP) is 1.44. The van der Waals surface area contributed by atoms with Crippen LogP contribution in [0.4, 0.5) is 0 Å². The van der Waals surface area contributed by atoms with E-state index in [0.29, 0.717) is 18.4 Å². The van der Waals surface area contributed by atoms with Gasteiger partial charge in [-0.15, -0.1) is 0 Å². The average Bonchev–Trinajstić information content (AvgIpc) is 2.21. The first kappa shape index (κ1) is 12.0. The number of carbonyl (C=O) groups excluding carboxylic acids is 1. The third-order valence-electron chi connectivity index (χ3n) is 2.79. The lowest BCUT2D eigenvalue weighted by molar-refractivity contribution is -0.145. The van der Waals surface area contributed by atoms with Crippen LogP contribution < -0.4 is 5.32 Å². The Balaban J connectivity index is 1.89. The highest BCUT2D eigenvalue weighted by atomic mass is 79.9. The van der Waals surface area contributed by atoms with Gasteiger partial charge in [0, 0.05) is 22.9 Å². The van der Waals surface area contributed by atoms with Crippen molar-refractivity contribution in [2.75, 3.05) is 0 Å². The molecular formula is C11H11BrN2O3. The molecule has 1 amide bonds. The predicted molar refractivity (Wildman–Crippen MR) is 63.6 cm³/mol. The highest BCUT2D eigenvalue weighted by molar-refractivity contribution is 9.10. The van der Waals surface area contributed by atoms with Crippen molar-refractivity contribution < 1.29 is 14.7 Å². The molecule has 5 nitrogen and oxygen atoms in total. The molecule has 0 saturated heterocycles. The molecule has 17 heavy (non-hydrogen) atoms. The van der Waals surface area contributed by atoms with Crippen molar-refractivity contribution in [3.05, 3.63) is 28.5 Å². The Bertz CT molecular complexity index is 458. The maximum Gasteiger partial charge on any atom is 0.306 e. The molecule has 6 heteroatoms. The quantitative estimate of drug-likeness (QED) is 0.885. The summed E-state index contributed by atoms with van der Waals surface area (Å²) in [5.41, 5.74) is 0.471. The maximum atomic E-state index is 11.8. The maximum absolute atomic E-state index is 11.8. The van der Waals surface area contributed by atoms with E-state index in [1.165, 1.54) is 6.20 Å². The number of halogens is 1. The van der Waals surface area contributed by atoms with E-state index in [1.807, 2.05) is 0 Å². The first-order valence-corrected chi connectivity index (χ1v) is 6.00. The summed E-state index contributed by atoms with van der Waals surface area (Å²) in [5, 5.41) is 11.5. The van der Waals surface area contributed by atoms with Crippen LogP contribution in [0.15, 0.2) is 22.9 Å². The minimum Gasteiger partial charge on any atom is -0.481 e. The molecule has 0 aromatic carbocycles. The Morgan fingerprint density at radius 2 is 2.12 bits per heavy atom. The molecule has 1 aliphatic rings. The fourth-order valence-electron chi connectivity index (χ4n) is 1.74. The van der Waals surface area contributed by atoms with E-state index in [-0.39, 0.29) is 17.9 Å². The summed E-state index contributed by atoms with van der Waals surface area (Å²) in [5.74, 6) is -1.33. The molecule has 0 unspecified atom stereocenters. The second-order valence-electron chi connectivity index (χ2n) is 4.07. The van der Waals surface area contributed by atoms with Crippen LogP contribution in [0.3, 0.4) is 0 Å². The molecular weight excluding hydrogens is 288 g/mol. The molecule has 1 aliphatic carbocycles. The number of carboxylic acids is 1. The lowest BCUT2D eigenvalue weighted by atomic mass is 9.80. The standard InChI is InChI=1S/C11H11BrN2O3/c12-8-1-7(4-13-5-8)10(15)14-9-2-6(3-9)11(16)17/h1,4-6,9H,2-3H2,(H,14,15)(H,16,17). The van der Waals surface area contributed by atoms with Crippen LogP contribution >= 0.6 is 15.9 Å². The number of amides is 1. The van der Waals surface area contributed by atoms with E-state index in [4.69, 9.17) is 5.11 Å². The van der Waals surface area contributed by atoms with Gasteiger partial charge in [0.1, 0.15) is 0 Å². The highest BCUT2D eigenvalue weighted by Crippen LogP contribution is 2.27. The Labute approximate surface area is 106 Å². The monoisotopic (exact) mass is 298 g/mol. The van der Waals surface area contributed by atoms with E-state index in [0.717, 1.165) is 4.47 Å². The normalized spacial score (nSPS) is 22.6. The van der Waals surface area contributed by atoms with Gasteiger partial charge in [-0.3, -0.25) is 14.6 Å². The van der Waals surface area contributed by atoms with Crippen LogP contribution in [0.5, 0.6) is 0 Å². The molecule has 90 valence electrons. The summed E-state index contributed by atoms with van der Waals surface area (Å²) in [7, 11) is 0. The van der Waals surface area contributed by atoms with Gasteiger partial charge in [-0.25, -0.2) is 0 Å². The average molecular weight is 299 g/mol. The first-order valence-electron chi connectivity index (χ1n) is 5.20. The second kappa shape index (κ2) is 4.83. The highest BCUT2D eigenvalue weighted by Gasteiger charge is 2.35. The molecule has 1 aromatic heterocycles. The zero-order chi connectivity index (χ0) is 12.4. The SMILES string of the molecule is O=C(NC1CC(C(=O)O)C1)c1cncc(Br)c1. The molecule has 0 spiro atoms. The number of hydrogen-bond donors (Lipinski definition) is 2. The van der Waals surface area contributed by atoms with Crippen molar-refractivity contribution in [2.24, 2.45) is 5.92 Å². The van der Waals surface area contributed by atoms with Crippen molar-refractivity contribution in [3.8, 4) is 0 Å². The minimum absolute atomic E-state index is 0.0393. The summed E-state index contributed by atoms with van der Waals surface area (Å²) in [6.07, 6.45) is 4.08. The third kappa shape index (κ3) is 2.82. The van der Waals surface area contributed by atoms with Crippen molar-refractivity contribution in [2.45, 2.75) is 18.9 Å². The minimum atomic E-state index is -0.792. The summed E-state index contributed by atoms with van der Waals surface area (Å²) < 4.78 is 0.738. The number of hydrogen-bond acceptors (Lipinski definition) is 3. The summed E-state index contributed by atoms with van der Waals surface area (Å²) in [6, 6.07) is 1.64. The number of nitrogens with one attached hydrogen (secondary N) is 1. The van der Waals surface area contributed by atoms with E-state index in [9.17, 15) is 9.59 Å². The number of aliphatic carboxylic acids is 1. The van der Waals surface area contributed by atoms with Gasteiger partial charge in [0.05, 0.1) is 11.5 Å². The largest absolute Gasteiger partial charge is 0.481 e. The molecule has 1 fully saturated rings. The zero-order valence-corrected chi connectivity index (χ0v) is 10.5. The molecule has 2 N–H and O–H groups in total. The van der Waals surface area contributed by atoms with Gasteiger partial charge in [-0.1, -0.05) is 0 Å². The number of carbonyl (C=O) groups is 2. The Morgan fingerprint density at radius 1 is 1.41 bits per heavy atom. The van der Waals surface area contributed by atoms with Crippen LogP contribution in [0.2, 0.25) is 0 Å². The van der Waals surface area contributed by atoms with Crippen LogP contribution in [0.1, 0.15) is 23.2 Å². The smallest absolute Gasteiger partial charge is 0.306 e. The van der Waals surface area contributed by atoms with E-state index >= 15 is 0 Å². The van der Waals surface area contributed by atoms with Gasteiger partial charge >= 0.3 is 5.97 Å². The number of pyridine rings is 1. The first-order chi connectivity index (χ1) is 8.06. The zero-order valence-electron chi connectivity index (χ0n) is 8.89. The van der Waals surface area contributed by atoms with Gasteiger partial charge in [-0.05, 0) is 34.8 Å². The molecule has 0 radical (unpaired) electrons. The lowest BCUT2D eigenvalue weighted by Gasteiger charge is -2.32. The van der Waals surface area contributed by atoms with E-state index < -0.39 is 5.97 Å². The molecule has 2 rings (SSSR count). The molecule has 0 aliphatic heterocycles. The van der Waals surface area contributed by atoms with Gasteiger partial charge < -0.3 is 10.4 Å². The van der Waals surface area contributed by atoms with Gasteiger partial charge in [0.2, 0.25) is 0 Å². The van der Waals surface area contributed by atoms with Crippen molar-refractivity contribution in [3.63, 3.8) is 0 Å². The van der Waals surface area contributed by atoms with Crippen molar-refractivity contribution in [1.82, 2.24) is 10.3 Å². The molecule has 0 atom stereocenters. The van der Waals surface area contributed by atoms with Crippen LogP contribution in [0.25, 0.3) is 0 Å². The summed E-state index contributed by atoms with van der Waals surface area (Å²) in [4.78, 5) is 26.3. The Morgan fingerprint density at radius 3 is 2.71 bits per heavy atom. The molecule has 1 heterocycles. The van der Waals surface area contributed by atoms with Crippen LogP contribution in [0, 0.1) is 5.92 Å². The number of rotatable bonds is 3. The van der Waals surface area contributed by atoms with E-state index in [1.54, 1.807) is 12.3 Å². The number of carboxylic acid groups (broad SMARTS) is 1. The van der Waals surface area contributed by atoms with Gasteiger partial charge in [0.25, 0.3) is 5.91 Å². The fourth-order valence-corrected chi connectivity index (χ4v) is 2.11. The van der Waals surface area contributed by atoms with Gasteiger partial charge in [-0.2, -0.15) is 0 Å². The molecule has 0 bridgehead atoms. The Hall–Kier alpha value is -1.43. The summed E-state index contributed by atoms with van der Waals surface area (Å²) >= 11 is 3.24. The molecule has 1 saturated carbocycles. The topological polar surface area (TPSA) is 79.3 Å². The lowest BCUT2D eigenvalue weighted by Crippen LogP contribution is -2.46. The van der Waals surface area contributed by atoms with Crippen LogP contribution in [-0.2, 0) is 4.79 Å². The number of nitrogens with zero attached hydrogens (tertiary/aromatic N) is 1. The fraction of sp³-hybridized carbons (Fsp3) is 0.364. The number of aromatic nitrogens is 1. The third-order valence-corrected chi connectivity index (χ3v) is 3.22. The summed E-state index contributed by atoms with van der Waals surface area (Å²) in [6.45, 7) is 0. The van der Waals surface area contributed by atoms with E-state index in [2.05, 4.69) is 26.2 Å².